The van der Waals surface area contributed by atoms with E-state index in [4.69, 9.17) is 0 Å². The summed E-state index contributed by atoms with van der Waals surface area (Å²) in [4.78, 5) is 14.4. The molecule has 0 spiro atoms. The Bertz CT molecular complexity index is 344. The minimum atomic E-state index is -0.892. The first kappa shape index (κ1) is 16.6. The molecule has 19 heavy (non-hydrogen) atoms. The minimum Gasteiger partial charge on any atom is -0.325 e. The Kier molecular flexibility index (Phi) is 5.99. The number of hydrogen-bond acceptors (Lipinski definition) is 3. The van der Waals surface area contributed by atoms with Gasteiger partial charge in [0.15, 0.2) is 0 Å². The fourth-order valence-electron chi connectivity index (χ4n) is 2.42. The molecule has 0 saturated carbocycles. The molecule has 4 nitrogen and oxygen atoms in total. The number of rotatable bonds is 6. The van der Waals surface area contributed by atoms with Gasteiger partial charge in [-0.25, -0.2) is 0 Å². The molecule has 1 aliphatic rings. The van der Waals surface area contributed by atoms with Gasteiger partial charge in [-0.3, -0.25) is 14.3 Å². The van der Waals surface area contributed by atoms with E-state index >= 15 is 0 Å². The van der Waals surface area contributed by atoms with Crippen LogP contribution in [0.2, 0.25) is 0 Å². The normalized spacial score (nSPS) is 27.4. The van der Waals surface area contributed by atoms with Gasteiger partial charge >= 0.3 is 0 Å². The van der Waals surface area contributed by atoms with Gasteiger partial charge in [0.1, 0.15) is 0 Å². The maximum Gasteiger partial charge on any atom is 0.241 e. The molecule has 0 aromatic rings. The van der Waals surface area contributed by atoms with Crippen LogP contribution in [-0.2, 0) is 15.6 Å². The molecule has 1 aliphatic heterocycles. The molecule has 0 aromatic heterocycles. The lowest BCUT2D eigenvalue weighted by molar-refractivity contribution is -0.130. The lowest BCUT2D eigenvalue weighted by Crippen LogP contribution is -2.42. The summed E-state index contributed by atoms with van der Waals surface area (Å²) >= 11 is 0. The van der Waals surface area contributed by atoms with Crippen molar-refractivity contribution in [2.24, 2.45) is 11.8 Å². The van der Waals surface area contributed by atoms with Crippen LogP contribution in [0.4, 0.5) is 0 Å². The van der Waals surface area contributed by atoms with Crippen LogP contribution >= 0.6 is 0 Å². The zero-order valence-electron chi connectivity index (χ0n) is 13.0. The molecule has 112 valence electrons. The highest BCUT2D eigenvalue weighted by molar-refractivity contribution is 7.84. The molecule has 5 heteroatoms. The van der Waals surface area contributed by atoms with Crippen LogP contribution in [0.15, 0.2) is 0 Å². The summed E-state index contributed by atoms with van der Waals surface area (Å²) in [6.07, 6.45) is 2.74. The molecule has 1 fully saturated rings. The van der Waals surface area contributed by atoms with Gasteiger partial charge < -0.3 is 4.90 Å². The number of carbonyl (C=O) groups excluding carboxylic acids is 1. The van der Waals surface area contributed by atoms with Crippen molar-refractivity contribution in [1.82, 2.24) is 10.2 Å². The van der Waals surface area contributed by atoms with Gasteiger partial charge in [-0.1, -0.05) is 27.7 Å². The first-order valence-corrected chi connectivity index (χ1v) is 8.74. The van der Waals surface area contributed by atoms with Crippen LogP contribution in [0.25, 0.3) is 0 Å². The van der Waals surface area contributed by atoms with E-state index in [1.807, 2.05) is 11.8 Å². The SMILES string of the molecule is CC(C)CC1NC(C(C)C)C(=O)N1CC(C)S(C)=O. The Balaban J connectivity index is 2.82. The number of nitrogens with zero attached hydrogens (tertiary/aromatic N) is 1. The second-order valence-electron chi connectivity index (χ2n) is 6.33. The minimum absolute atomic E-state index is 0.0197. The summed E-state index contributed by atoms with van der Waals surface area (Å²) in [5, 5.41) is 3.46. The maximum absolute atomic E-state index is 12.5. The Morgan fingerprint density at radius 3 is 2.26 bits per heavy atom. The van der Waals surface area contributed by atoms with E-state index in [2.05, 4.69) is 33.0 Å². The van der Waals surface area contributed by atoms with Crippen LogP contribution in [0.5, 0.6) is 0 Å². The zero-order valence-corrected chi connectivity index (χ0v) is 13.8. The van der Waals surface area contributed by atoms with E-state index in [9.17, 15) is 9.00 Å². The summed E-state index contributed by atoms with van der Waals surface area (Å²) in [6.45, 7) is 11.0. The molecule has 1 saturated heterocycles. The predicted molar refractivity (Wildman–Crippen MR) is 80.2 cm³/mol. The molecule has 1 rings (SSSR count). The molecule has 4 unspecified atom stereocenters. The van der Waals surface area contributed by atoms with Crippen molar-refractivity contribution in [3.8, 4) is 0 Å². The van der Waals surface area contributed by atoms with Gasteiger partial charge in [0.2, 0.25) is 5.91 Å². The van der Waals surface area contributed by atoms with Crippen LogP contribution in [-0.4, -0.2) is 45.3 Å². The molecule has 1 heterocycles. The average molecular weight is 288 g/mol. The standard InChI is InChI=1S/C14H28N2O2S/c1-9(2)7-12-15-13(10(3)4)14(17)16(12)8-11(5)19(6)18/h9-13,15H,7-8H2,1-6H3. The highest BCUT2D eigenvalue weighted by Gasteiger charge is 2.40. The van der Waals surface area contributed by atoms with Gasteiger partial charge in [-0.2, -0.15) is 0 Å². The van der Waals surface area contributed by atoms with Gasteiger partial charge in [0.05, 0.1) is 12.2 Å². The van der Waals surface area contributed by atoms with Crippen LogP contribution < -0.4 is 5.32 Å². The van der Waals surface area contributed by atoms with Gasteiger partial charge in [-0.15, -0.1) is 0 Å². The first-order valence-electron chi connectivity index (χ1n) is 7.12. The number of nitrogens with one attached hydrogen (secondary N) is 1. The van der Waals surface area contributed by atoms with E-state index < -0.39 is 10.8 Å². The lowest BCUT2D eigenvalue weighted by Gasteiger charge is -2.27. The quantitative estimate of drug-likeness (QED) is 0.807. The van der Waals surface area contributed by atoms with Gasteiger partial charge in [0.25, 0.3) is 0 Å². The van der Waals surface area contributed by atoms with Crippen molar-refractivity contribution < 1.29 is 9.00 Å². The largest absolute Gasteiger partial charge is 0.325 e. The van der Waals surface area contributed by atoms with Gasteiger partial charge in [-0.05, 0) is 25.2 Å². The number of carbonyl (C=O) groups is 1. The number of hydrogen-bond donors (Lipinski definition) is 1. The molecule has 0 radical (unpaired) electrons. The molecular formula is C14H28N2O2S. The van der Waals surface area contributed by atoms with Crippen LogP contribution in [0, 0.1) is 11.8 Å². The van der Waals surface area contributed by atoms with Gasteiger partial charge in [0, 0.05) is 28.9 Å². The fraction of sp³-hybridized carbons (Fsp3) is 0.929. The Labute approximate surface area is 119 Å². The third-order valence-electron chi connectivity index (χ3n) is 3.68. The number of amides is 1. The highest BCUT2D eigenvalue weighted by Crippen LogP contribution is 2.22. The van der Waals surface area contributed by atoms with Crippen molar-refractivity contribution in [3.63, 3.8) is 0 Å². The molecule has 0 aliphatic carbocycles. The molecule has 0 aromatic carbocycles. The summed E-state index contributed by atoms with van der Waals surface area (Å²) in [5.74, 6) is 0.980. The molecule has 4 atom stereocenters. The first-order chi connectivity index (χ1) is 8.73. The Morgan fingerprint density at radius 2 is 1.84 bits per heavy atom. The molecular weight excluding hydrogens is 260 g/mol. The van der Waals surface area contributed by atoms with E-state index in [-0.39, 0.29) is 29.3 Å². The topological polar surface area (TPSA) is 49.4 Å². The summed E-state index contributed by atoms with van der Waals surface area (Å²) in [5.41, 5.74) is 0. The Morgan fingerprint density at radius 1 is 1.26 bits per heavy atom. The van der Waals surface area contributed by atoms with Crippen molar-refractivity contribution in [2.45, 2.75) is 58.5 Å². The van der Waals surface area contributed by atoms with Crippen molar-refractivity contribution in [3.05, 3.63) is 0 Å². The second kappa shape index (κ2) is 6.84. The average Bonchev–Trinajstić information content (AvgIpc) is 2.56. The van der Waals surface area contributed by atoms with E-state index in [1.54, 1.807) is 6.26 Å². The zero-order chi connectivity index (χ0) is 14.7. The van der Waals surface area contributed by atoms with E-state index in [0.717, 1.165) is 6.42 Å². The summed E-state index contributed by atoms with van der Waals surface area (Å²) < 4.78 is 11.5. The summed E-state index contributed by atoms with van der Waals surface area (Å²) in [6, 6.07) is -0.0961. The third-order valence-corrected chi connectivity index (χ3v) is 4.96. The fourth-order valence-corrected chi connectivity index (χ4v) is 2.79. The monoisotopic (exact) mass is 288 g/mol. The summed E-state index contributed by atoms with van der Waals surface area (Å²) in [7, 11) is -0.892. The molecule has 1 amide bonds. The third kappa shape index (κ3) is 4.28. The Hall–Kier alpha value is -0.420. The van der Waals surface area contributed by atoms with E-state index in [1.165, 1.54) is 0 Å². The smallest absolute Gasteiger partial charge is 0.241 e. The van der Waals surface area contributed by atoms with Crippen molar-refractivity contribution >= 4 is 16.7 Å². The van der Waals surface area contributed by atoms with Crippen LogP contribution in [0.1, 0.15) is 41.0 Å². The molecule has 1 N–H and O–H groups in total. The van der Waals surface area contributed by atoms with Crippen LogP contribution in [0.3, 0.4) is 0 Å². The maximum atomic E-state index is 12.5. The highest BCUT2D eigenvalue weighted by atomic mass is 32.2. The second-order valence-corrected chi connectivity index (χ2v) is 8.14. The lowest BCUT2D eigenvalue weighted by atomic mass is 10.0. The van der Waals surface area contributed by atoms with E-state index in [0.29, 0.717) is 12.5 Å². The molecule has 0 bridgehead atoms. The van der Waals surface area contributed by atoms with Crippen molar-refractivity contribution in [1.29, 1.82) is 0 Å². The van der Waals surface area contributed by atoms with Crippen molar-refractivity contribution in [2.75, 3.05) is 12.8 Å². The predicted octanol–water partition coefficient (Wildman–Crippen LogP) is 1.58.